The molecule has 2 amide bonds. The van der Waals surface area contributed by atoms with Gasteiger partial charge in [-0.25, -0.2) is 4.79 Å². The number of nitrogens with two attached hydrogens (primary N) is 1. The third kappa shape index (κ3) is 4.26. The summed E-state index contributed by atoms with van der Waals surface area (Å²) < 4.78 is 4.18. The number of ether oxygens (including phenoxy) is 1. The minimum atomic E-state index is -1.03. The third-order valence-electron chi connectivity index (χ3n) is 1.03. The first-order chi connectivity index (χ1) is 5.60. The van der Waals surface area contributed by atoms with Crippen LogP contribution in [0.15, 0.2) is 0 Å². The van der Waals surface area contributed by atoms with E-state index >= 15 is 0 Å². The Morgan fingerprint density at radius 2 is 2.25 bits per heavy atom. The Bertz CT molecular complexity index is 192. The van der Waals surface area contributed by atoms with Gasteiger partial charge in [-0.15, -0.1) is 0 Å². The van der Waals surface area contributed by atoms with E-state index in [2.05, 4.69) is 10.1 Å². The summed E-state index contributed by atoms with van der Waals surface area (Å²) in [5, 5.41) is 2.06. The average Bonchev–Trinajstić information content (AvgIpc) is 2.02. The van der Waals surface area contributed by atoms with E-state index in [1.54, 1.807) is 0 Å². The fourth-order valence-corrected chi connectivity index (χ4v) is 0.525. The van der Waals surface area contributed by atoms with E-state index in [0.717, 1.165) is 7.11 Å². The van der Waals surface area contributed by atoms with Crippen molar-refractivity contribution in [3.05, 3.63) is 0 Å². The number of hydrogen-bond donors (Lipinski definition) is 2. The summed E-state index contributed by atoms with van der Waals surface area (Å²) in [4.78, 5) is 30.9. The van der Waals surface area contributed by atoms with Crippen molar-refractivity contribution in [1.82, 2.24) is 5.32 Å². The Balaban J connectivity index is 3.90. The molecule has 0 fully saturated rings. The molecule has 0 saturated carbocycles. The van der Waals surface area contributed by atoms with Gasteiger partial charge in [-0.05, 0) is 0 Å². The zero-order chi connectivity index (χ0) is 9.56. The van der Waals surface area contributed by atoms with Crippen molar-refractivity contribution >= 4 is 18.3 Å². The number of amides is 2. The van der Waals surface area contributed by atoms with E-state index in [1.165, 1.54) is 6.29 Å². The second-order valence-corrected chi connectivity index (χ2v) is 1.98. The molecule has 0 rings (SSSR count). The second kappa shape index (κ2) is 5.11. The molecule has 0 spiro atoms. The summed E-state index contributed by atoms with van der Waals surface area (Å²) in [7, 11) is 1.14. The highest BCUT2D eigenvalue weighted by Gasteiger charge is 2.14. The molecule has 1 atom stereocenters. The van der Waals surface area contributed by atoms with Crippen molar-refractivity contribution < 1.29 is 19.1 Å². The van der Waals surface area contributed by atoms with E-state index < -0.39 is 18.0 Å². The van der Waals surface area contributed by atoms with Crippen LogP contribution < -0.4 is 11.1 Å². The van der Waals surface area contributed by atoms with Gasteiger partial charge in [-0.2, -0.15) is 0 Å². The molecular formula is C6H9N2O4. The number of alkyl carbamates (subject to hydrolysis) is 1. The maximum Gasteiger partial charge on any atom is 0.407 e. The zero-order valence-corrected chi connectivity index (χ0v) is 6.49. The van der Waals surface area contributed by atoms with E-state index in [9.17, 15) is 14.4 Å². The third-order valence-corrected chi connectivity index (χ3v) is 1.03. The van der Waals surface area contributed by atoms with Crippen LogP contribution in [0, 0.1) is 0 Å². The van der Waals surface area contributed by atoms with Gasteiger partial charge in [0.2, 0.25) is 12.2 Å². The predicted molar refractivity (Wildman–Crippen MR) is 38.8 cm³/mol. The summed E-state index contributed by atoms with van der Waals surface area (Å²) >= 11 is 0. The van der Waals surface area contributed by atoms with Crippen LogP contribution in [0.2, 0.25) is 0 Å². The van der Waals surface area contributed by atoms with Crippen LogP contribution >= 0.6 is 0 Å². The summed E-state index contributed by atoms with van der Waals surface area (Å²) in [5.74, 6) is -0.695. The van der Waals surface area contributed by atoms with Gasteiger partial charge in [0.1, 0.15) is 6.04 Å². The topological polar surface area (TPSA) is 98.5 Å². The molecule has 0 aromatic heterocycles. The standard InChI is InChI=1S/C6H9N2O4/c1-12-6(11)8-4(3-9)2-5(7)10/h4H,2H2,1H3,(H2,7,10)(H,8,11). The van der Waals surface area contributed by atoms with Crippen molar-refractivity contribution in [3.63, 3.8) is 0 Å². The van der Waals surface area contributed by atoms with Crippen LogP contribution in [0.4, 0.5) is 4.79 Å². The number of rotatable bonds is 4. The molecule has 0 aliphatic carbocycles. The summed E-state index contributed by atoms with van der Waals surface area (Å²) in [6.45, 7) is 0. The highest BCUT2D eigenvalue weighted by atomic mass is 16.5. The molecule has 6 heteroatoms. The number of methoxy groups -OCH3 is 1. The number of primary amides is 1. The Morgan fingerprint density at radius 3 is 2.58 bits per heavy atom. The Labute approximate surface area is 69.1 Å². The number of hydrogen-bond acceptors (Lipinski definition) is 4. The van der Waals surface area contributed by atoms with Crippen LogP contribution in [0.25, 0.3) is 0 Å². The van der Waals surface area contributed by atoms with Crippen LogP contribution in [0.1, 0.15) is 6.42 Å². The molecule has 0 aromatic rings. The van der Waals surface area contributed by atoms with E-state index in [4.69, 9.17) is 5.73 Å². The van der Waals surface area contributed by atoms with E-state index in [1.807, 2.05) is 0 Å². The second-order valence-electron chi connectivity index (χ2n) is 1.98. The minimum Gasteiger partial charge on any atom is -0.453 e. The fourth-order valence-electron chi connectivity index (χ4n) is 0.525. The molecule has 0 aromatic carbocycles. The molecule has 1 radical (unpaired) electrons. The molecule has 0 aliphatic rings. The van der Waals surface area contributed by atoms with E-state index in [0.29, 0.717) is 0 Å². The van der Waals surface area contributed by atoms with Gasteiger partial charge in [-0.3, -0.25) is 9.59 Å². The van der Waals surface area contributed by atoms with Gasteiger partial charge >= 0.3 is 6.09 Å². The predicted octanol–water partition coefficient (Wildman–Crippen LogP) is -1.30. The smallest absolute Gasteiger partial charge is 0.407 e. The van der Waals surface area contributed by atoms with Crippen LogP contribution in [-0.4, -0.2) is 31.4 Å². The first-order valence-electron chi connectivity index (χ1n) is 3.10. The van der Waals surface area contributed by atoms with Crippen molar-refractivity contribution in [2.75, 3.05) is 7.11 Å². The number of carbonyl (C=O) groups is 2. The van der Waals surface area contributed by atoms with Crippen molar-refractivity contribution in [2.24, 2.45) is 5.73 Å². The lowest BCUT2D eigenvalue weighted by molar-refractivity contribution is -0.118. The molecule has 3 N–H and O–H groups in total. The summed E-state index contributed by atoms with van der Waals surface area (Å²) in [6, 6.07) is -1.03. The zero-order valence-electron chi connectivity index (χ0n) is 6.49. The highest BCUT2D eigenvalue weighted by Crippen LogP contribution is 1.87. The van der Waals surface area contributed by atoms with Crippen molar-refractivity contribution in [3.8, 4) is 0 Å². The Hall–Kier alpha value is -1.59. The SMILES string of the molecule is COC(=O)NC([C]=O)CC(N)=O. The monoisotopic (exact) mass is 173 g/mol. The van der Waals surface area contributed by atoms with Crippen molar-refractivity contribution in [2.45, 2.75) is 12.5 Å². The molecule has 0 bridgehead atoms. The molecule has 0 heterocycles. The molecular weight excluding hydrogens is 164 g/mol. The van der Waals surface area contributed by atoms with Crippen LogP contribution in [-0.2, 0) is 14.3 Å². The Kier molecular flexibility index (Phi) is 4.43. The van der Waals surface area contributed by atoms with Crippen LogP contribution in [0.3, 0.4) is 0 Å². The van der Waals surface area contributed by atoms with Gasteiger partial charge in [0, 0.05) is 0 Å². The first kappa shape index (κ1) is 10.4. The maximum absolute atomic E-state index is 10.5. The van der Waals surface area contributed by atoms with Gasteiger partial charge < -0.3 is 15.8 Å². The van der Waals surface area contributed by atoms with Gasteiger partial charge in [-0.1, -0.05) is 0 Å². The first-order valence-corrected chi connectivity index (χ1v) is 3.10. The minimum absolute atomic E-state index is 0.279. The highest BCUT2D eigenvalue weighted by molar-refractivity contribution is 5.81. The van der Waals surface area contributed by atoms with Gasteiger partial charge in [0.25, 0.3) is 0 Å². The lowest BCUT2D eigenvalue weighted by Crippen LogP contribution is -2.38. The van der Waals surface area contributed by atoms with Gasteiger partial charge in [0.15, 0.2) is 0 Å². The maximum atomic E-state index is 10.5. The lowest BCUT2D eigenvalue weighted by atomic mass is 10.2. The number of carbonyl (C=O) groups excluding carboxylic acids is 3. The average molecular weight is 173 g/mol. The molecule has 0 saturated heterocycles. The van der Waals surface area contributed by atoms with E-state index in [-0.39, 0.29) is 6.42 Å². The molecule has 12 heavy (non-hydrogen) atoms. The van der Waals surface area contributed by atoms with Gasteiger partial charge in [0.05, 0.1) is 13.5 Å². The normalized spacial score (nSPS) is 11.4. The summed E-state index contributed by atoms with van der Waals surface area (Å²) in [6.07, 6.45) is 0.355. The fraction of sp³-hybridized carbons (Fsp3) is 0.500. The largest absolute Gasteiger partial charge is 0.453 e. The molecule has 67 valence electrons. The quantitative estimate of drug-likeness (QED) is 0.551. The van der Waals surface area contributed by atoms with Crippen molar-refractivity contribution in [1.29, 1.82) is 0 Å². The molecule has 1 unspecified atom stereocenters. The lowest BCUT2D eigenvalue weighted by Gasteiger charge is -2.07. The number of nitrogens with one attached hydrogen (secondary N) is 1. The molecule has 6 nitrogen and oxygen atoms in total. The van der Waals surface area contributed by atoms with Crippen LogP contribution in [0.5, 0.6) is 0 Å². The Morgan fingerprint density at radius 1 is 1.67 bits per heavy atom. The summed E-state index contributed by atoms with van der Waals surface area (Å²) in [5.41, 5.74) is 4.78. The molecule has 0 aliphatic heterocycles.